The molecule has 0 aliphatic carbocycles. The number of carbonyl (C=O) groups is 1. The van der Waals surface area contributed by atoms with Crippen LogP contribution in [0, 0.1) is 0 Å². The third-order valence-corrected chi connectivity index (χ3v) is 6.16. The molecule has 25 heavy (non-hydrogen) atoms. The van der Waals surface area contributed by atoms with Crippen molar-refractivity contribution in [1.29, 1.82) is 0 Å². The molecule has 1 fully saturated rings. The number of rotatable bonds is 7. The number of thioether (sulfide) groups is 1. The topological polar surface area (TPSA) is 114 Å². The minimum atomic E-state index is -4.06. The highest BCUT2D eigenvalue weighted by Crippen LogP contribution is 2.40. The van der Waals surface area contributed by atoms with Crippen LogP contribution in [0.5, 0.6) is 17.2 Å². The molecule has 9 nitrogen and oxygen atoms in total. The Morgan fingerprint density at radius 2 is 1.84 bits per heavy atom. The monoisotopic (exact) mass is 392 g/mol. The zero-order valence-corrected chi connectivity index (χ0v) is 15.6. The van der Waals surface area contributed by atoms with Crippen LogP contribution in [0.3, 0.4) is 0 Å². The molecule has 11 heteroatoms. The van der Waals surface area contributed by atoms with E-state index in [1.165, 1.54) is 45.2 Å². The summed E-state index contributed by atoms with van der Waals surface area (Å²) < 4.78 is 44.2. The van der Waals surface area contributed by atoms with Gasteiger partial charge in [-0.1, -0.05) is 0 Å². The summed E-state index contributed by atoms with van der Waals surface area (Å²) in [5, 5.41) is 9.27. The maximum Gasteiger partial charge on any atom is 0.322 e. The third-order valence-electron chi connectivity index (χ3n) is 3.58. The van der Waals surface area contributed by atoms with E-state index in [1.807, 2.05) is 0 Å². The fraction of sp³-hybridized carbons (Fsp3) is 0.500. The van der Waals surface area contributed by atoms with Crippen LogP contribution >= 0.6 is 11.8 Å². The van der Waals surface area contributed by atoms with Gasteiger partial charge in [-0.15, -0.1) is 0 Å². The standard InChI is InChI=1S/C14H20N2O7S2/c1-21-11-6-9(7-12(22-2)13(11)23-3)15-25(19,20)16-4-5-24-8-10(16)14(17)18/h6-7,10,15H,4-5,8H2,1-3H3,(H,17,18). The molecule has 1 saturated heterocycles. The van der Waals surface area contributed by atoms with Crippen molar-refractivity contribution in [3.8, 4) is 17.2 Å². The van der Waals surface area contributed by atoms with Gasteiger partial charge in [-0.25, -0.2) is 0 Å². The molecule has 0 aromatic heterocycles. The molecule has 0 saturated carbocycles. The van der Waals surface area contributed by atoms with E-state index in [4.69, 9.17) is 14.2 Å². The van der Waals surface area contributed by atoms with Crippen LogP contribution < -0.4 is 18.9 Å². The highest BCUT2D eigenvalue weighted by atomic mass is 32.2. The number of nitrogens with one attached hydrogen (secondary N) is 1. The normalized spacial score (nSPS) is 18.4. The molecule has 1 heterocycles. The molecule has 0 amide bonds. The molecular weight excluding hydrogens is 372 g/mol. The molecule has 0 bridgehead atoms. The second kappa shape index (κ2) is 8.02. The van der Waals surface area contributed by atoms with Crippen LogP contribution in [-0.2, 0) is 15.0 Å². The second-order valence-electron chi connectivity index (χ2n) is 5.06. The van der Waals surface area contributed by atoms with E-state index >= 15 is 0 Å². The molecule has 1 atom stereocenters. The van der Waals surface area contributed by atoms with Crippen molar-refractivity contribution in [2.75, 3.05) is 44.1 Å². The average molecular weight is 392 g/mol. The van der Waals surface area contributed by atoms with Crippen molar-refractivity contribution in [1.82, 2.24) is 4.31 Å². The summed E-state index contributed by atoms with van der Waals surface area (Å²) in [5.41, 5.74) is 0.178. The molecule has 1 aromatic rings. The molecule has 140 valence electrons. The van der Waals surface area contributed by atoms with Crippen molar-refractivity contribution >= 4 is 33.6 Å². The Hall–Kier alpha value is -1.85. The van der Waals surface area contributed by atoms with Crippen LogP contribution in [0.2, 0.25) is 0 Å². The predicted octanol–water partition coefficient (Wildman–Crippen LogP) is 0.871. The summed E-state index contributed by atoms with van der Waals surface area (Å²) in [7, 11) is 0.204. The predicted molar refractivity (Wildman–Crippen MR) is 94.1 cm³/mol. The number of hydrogen-bond acceptors (Lipinski definition) is 7. The number of carboxylic acids is 1. The van der Waals surface area contributed by atoms with Crippen molar-refractivity contribution in [2.45, 2.75) is 6.04 Å². The van der Waals surface area contributed by atoms with Gasteiger partial charge in [-0.2, -0.15) is 24.5 Å². The minimum absolute atomic E-state index is 0.112. The van der Waals surface area contributed by atoms with Gasteiger partial charge >= 0.3 is 16.2 Å². The Balaban J connectivity index is 2.35. The lowest BCUT2D eigenvalue weighted by Gasteiger charge is -2.31. The van der Waals surface area contributed by atoms with Crippen LogP contribution in [0.25, 0.3) is 0 Å². The maximum atomic E-state index is 12.7. The van der Waals surface area contributed by atoms with Crippen LogP contribution in [0.15, 0.2) is 12.1 Å². The van der Waals surface area contributed by atoms with Gasteiger partial charge in [0.05, 0.1) is 27.0 Å². The first-order chi connectivity index (χ1) is 11.8. The fourth-order valence-electron chi connectivity index (χ4n) is 2.42. The van der Waals surface area contributed by atoms with E-state index in [0.29, 0.717) is 11.5 Å². The first kappa shape index (κ1) is 19.5. The second-order valence-corrected chi connectivity index (χ2v) is 7.83. The number of hydrogen-bond donors (Lipinski definition) is 2. The zero-order chi connectivity index (χ0) is 18.6. The Labute approximate surface area is 150 Å². The quantitative estimate of drug-likeness (QED) is 0.703. The van der Waals surface area contributed by atoms with E-state index in [0.717, 1.165) is 4.31 Å². The minimum Gasteiger partial charge on any atom is -0.493 e. The lowest BCUT2D eigenvalue weighted by atomic mass is 10.2. The smallest absolute Gasteiger partial charge is 0.322 e. The fourth-order valence-corrected chi connectivity index (χ4v) is 5.03. The van der Waals surface area contributed by atoms with Crippen LogP contribution in [0.4, 0.5) is 5.69 Å². The van der Waals surface area contributed by atoms with Crippen LogP contribution in [0.1, 0.15) is 0 Å². The largest absolute Gasteiger partial charge is 0.493 e. The molecule has 0 radical (unpaired) electrons. The highest BCUT2D eigenvalue weighted by Gasteiger charge is 2.37. The van der Waals surface area contributed by atoms with E-state index < -0.39 is 22.2 Å². The number of ether oxygens (including phenoxy) is 3. The van der Waals surface area contributed by atoms with Gasteiger partial charge in [-0.3, -0.25) is 9.52 Å². The third kappa shape index (κ3) is 4.22. The lowest BCUT2D eigenvalue weighted by molar-refractivity contribution is -0.140. The van der Waals surface area contributed by atoms with Crippen molar-refractivity contribution < 1.29 is 32.5 Å². The lowest BCUT2D eigenvalue weighted by Crippen LogP contribution is -2.52. The Morgan fingerprint density at radius 3 is 2.32 bits per heavy atom. The SMILES string of the molecule is COc1cc(NS(=O)(=O)N2CCSCC2C(=O)O)cc(OC)c1OC. The molecule has 2 rings (SSSR count). The van der Waals surface area contributed by atoms with E-state index in [1.54, 1.807) is 0 Å². The van der Waals surface area contributed by atoms with Gasteiger partial charge in [-0.05, 0) is 0 Å². The first-order valence-electron chi connectivity index (χ1n) is 7.24. The van der Waals surface area contributed by atoms with Gasteiger partial charge in [0.1, 0.15) is 6.04 Å². The summed E-state index contributed by atoms with van der Waals surface area (Å²) in [6.45, 7) is 0.112. The molecule has 2 N–H and O–H groups in total. The molecule has 1 aromatic carbocycles. The number of carboxylic acid groups (broad SMARTS) is 1. The molecule has 1 aliphatic rings. The number of aliphatic carboxylic acids is 1. The van der Waals surface area contributed by atoms with Gasteiger partial charge < -0.3 is 19.3 Å². The number of anilines is 1. The van der Waals surface area contributed by atoms with E-state index in [9.17, 15) is 18.3 Å². The molecule has 1 aliphatic heterocycles. The molecule has 0 spiro atoms. The summed E-state index contributed by atoms with van der Waals surface area (Å²) in [6.07, 6.45) is 0. The van der Waals surface area contributed by atoms with Gasteiger partial charge in [0.15, 0.2) is 11.5 Å². The Morgan fingerprint density at radius 1 is 1.24 bits per heavy atom. The maximum absolute atomic E-state index is 12.7. The van der Waals surface area contributed by atoms with Crippen molar-refractivity contribution in [3.05, 3.63) is 12.1 Å². The first-order valence-corrected chi connectivity index (χ1v) is 9.83. The zero-order valence-electron chi connectivity index (χ0n) is 14.0. The summed E-state index contributed by atoms with van der Waals surface area (Å²) in [6, 6.07) is 1.76. The van der Waals surface area contributed by atoms with Crippen LogP contribution in [-0.4, -0.2) is 69.2 Å². The van der Waals surface area contributed by atoms with Crippen molar-refractivity contribution in [3.63, 3.8) is 0 Å². The summed E-state index contributed by atoms with van der Waals surface area (Å²) in [5.74, 6) is 0.436. The number of benzene rings is 1. The summed E-state index contributed by atoms with van der Waals surface area (Å²) in [4.78, 5) is 11.3. The van der Waals surface area contributed by atoms with Gasteiger partial charge in [0.25, 0.3) is 0 Å². The van der Waals surface area contributed by atoms with Crippen molar-refractivity contribution in [2.24, 2.45) is 0 Å². The molecular formula is C14H20N2O7S2. The number of nitrogens with zero attached hydrogens (tertiary/aromatic N) is 1. The highest BCUT2D eigenvalue weighted by molar-refractivity contribution is 7.99. The molecule has 1 unspecified atom stereocenters. The van der Waals surface area contributed by atoms with E-state index in [2.05, 4.69) is 4.72 Å². The van der Waals surface area contributed by atoms with Gasteiger partial charge in [0, 0.05) is 30.2 Å². The Bertz CT molecular complexity index is 714. The summed E-state index contributed by atoms with van der Waals surface area (Å²) >= 11 is 1.40. The van der Waals surface area contributed by atoms with Gasteiger partial charge in [0.2, 0.25) is 5.75 Å². The number of methoxy groups -OCH3 is 3. The average Bonchev–Trinajstić information content (AvgIpc) is 2.60. The Kier molecular flexibility index (Phi) is 6.25. The van der Waals surface area contributed by atoms with E-state index in [-0.39, 0.29) is 29.5 Å².